The zero-order valence-electron chi connectivity index (χ0n) is 21.6. The summed E-state index contributed by atoms with van der Waals surface area (Å²) in [5, 5.41) is 1.08. The molecule has 9 nitrogen and oxygen atoms in total. The van der Waals surface area contributed by atoms with Gasteiger partial charge in [0.15, 0.2) is 0 Å². The maximum atomic E-state index is 12.2. The van der Waals surface area contributed by atoms with Crippen LogP contribution in [0.3, 0.4) is 0 Å². The molecule has 204 valence electrons. The van der Waals surface area contributed by atoms with Crippen LogP contribution >= 0.6 is 23.2 Å². The van der Waals surface area contributed by atoms with Crippen LogP contribution in [0.1, 0.15) is 42.1 Å². The maximum Gasteiger partial charge on any atom is 0.414 e. The number of halogens is 2. The van der Waals surface area contributed by atoms with E-state index in [0.29, 0.717) is 46.7 Å². The summed E-state index contributed by atoms with van der Waals surface area (Å²) >= 11 is 12.7. The monoisotopic (exact) mass is 560 g/mol. The van der Waals surface area contributed by atoms with Crippen molar-refractivity contribution in [1.29, 1.82) is 0 Å². The predicted octanol–water partition coefficient (Wildman–Crippen LogP) is 4.01. The average Bonchev–Trinajstić information content (AvgIpc) is 3.35. The molecule has 1 aromatic carbocycles. The highest BCUT2D eigenvalue weighted by Gasteiger charge is 2.34. The number of carbonyl (C=O) groups excluding carboxylic acids is 2. The van der Waals surface area contributed by atoms with Crippen LogP contribution in [-0.2, 0) is 11.3 Å². The lowest BCUT2D eigenvalue weighted by Gasteiger charge is -2.48. The van der Waals surface area contributed by atoms with Crippen LogP contribution in [-0.4, -0.2) is 84.7 Å². The summed E-state index contributed by atoms with van der Waals surface area (Å²) in [7, 11) is 0. The number of benzene rings is 1. The summed E-state index contributed by atoms with van der Waals surface area (Å²) in [6.07, 6.45) is 4.42. The third kappa shape index (κ3) is 5.71. The topological polar surface area (TPSA) is 95.2 Å². The van der Waals surface area contributed by atoms with E-state index in [-0.39, 0.29) is 6.09 Å². The van der Waals surface area contributed by atoms with Crippen molar-refractivity contribution < 1.29 is 14.3 Å². The van der Waals surface area contributed by atoms with Crippen LogP contribution in [0.5, 0.6) is 0 Å². The van der Waals surface area contributed by atoms with E-state index in [1.54, 1.807) is 11.0 Å². The van der Waals surface area contributed by atoms with Crippen molar-refractivity contribution >= 4 is 46.7 Å². The summed E-state index contributed by atoms with van der Waals surface area (Å²) in [6.45, 7) is 8.58. The third-order valence-electron chi connectivity index (χ3n) is 7.92. The number of amides is 2. The second-order valence-corrected chi connectivity index (χ2v) is 11.0. The van der Waals surface area contributed by atoms with Crippen LogP contribution in [0.2, 0.25) is 10.0 Å². The fourth-order valence-corrected chi connectivity index (χ4v) is 6.34. The van der Waals surface area contributed by atoms with Crippen molar-refractivity contribution in [2.45, 2.75) is 44.8 Å². The first-order valence-electron chi connectivity index (χ1n) is 13.2. The van der Waals surface area contributed by atoms with Crippen molar-refractivity contribution in [2.24, 2.45) is 5.73 Å². The molecule has 0 unspecified atom stereocenters. The average molecular weight is 562 g/mol. The molecule has 3 fully saturated rings. The van der Waals surface area contributed by atoms with E-state index in [4.69, 9.17) is 33.7 Å². The number of aromatic nitrogens is 1. The maximum absolute atomic E-state index is 12.2. The molecule has 2 aromatic rings. The van der Waals surface area contributed by atoms with E-state index in [1.165, 1.54) is 6.20 Å². The number of anilines is 2. The lowest BCUT2D eigenvalue weighted by atomic mass is 9.97. The van der Waals surface area contributed by atoms with Gasteiger partial charge in [0.2, 0.25) is 5.91 Å². The molecule has 0 radical (unpaired) electrons. The lowest BCUT2D eigenvalue weighted by molar-refractivity contribution is 0.0611. The lowest BCUT2D eigenvalue weighted by Crippen LogP contribution is -2.58. The number of pyridine rings is 1. The van der Waals surface area contributed by atoms with E-state index in [0.717, 1.165) is 69.8 Å². The number of piperazine rings is 1. The van der Waals surface area contributed by atoms with Gasteiger partial charge in [0, 0.05) is 49.5 Å². The van der Waals surface area contributed by atoms with Gasteiger partial charge in [-0.15, -0.1) is 0 Å². The number of primary amides is 1. The largest absolute Gasteiger partial charge is 0.447 e. The number of nitrogens with two attached hydrogens (primary N) is 1. The molecule has 3 aliphatic heterocycles. The molecule has 0 saturated carbocycles. The van der Waals surface area contributed by atoms with E-state index < -0.39 is 5.91 Å². The highest BCUT2D eigenvalue weighted by molar-refractivity contribution is 6.33. The van der Waals surface area contributed by atoms with E-state index >= 15 is 0 Å². The van der Waals surface area contributed by atoms with Crippen LogP contribution in [0.25, 0.3) is 0 Å². The van der Waals surface area contributed by atoms with Crippen LogP contribution in [0.4, 0.5) is 16.3 Å². The molecule has 0 bridgehead atoms. The van der Waals surface area contributed by atoms with Gasteiger partial charge in [0.1, 0.15) is 12.4 Å². The Bertz CT molecular complexity index is 1190. The van der Waals surface area contributed by atoms with Crippen molar-refractivity contribution in [2.75, 3.05) is 55.7 Å². The molecule has 4 heterocycles. The molecule has 2 N–H and O–H groups in total. The van der Waals surface area contributed by atoms with Gasteiger partial charge in [0.05, 0.1) is 22.8 Å². The van der Waals surface area contributed by atoms with Gasteiger partial charge in [0.25, 0.3) is 0 Å². The fraction of sp³-hybridized carbons (Fsp3) is 0.519. The van der Waals surface area contributed by atoms with Crippen LogP contribution in [0, 0.1) is 0 Å². The minimum absolute atomic E-state index is 0.308. The number of piperidine rings is 1. The number of likely N-dealkylation sites (tertiary alicyclic amines) is 1. The van der Waals surface area contributed by atoms with Gasteiger partial charge in [-0.3, -0.25) is 19.5 Å². The standard InChI is InChI=1S/C27H34Cl2N6O3/c1-2-21-17-33(26-23(29)13-19(15-31-26)25(30)36)9-10-34(21)22-5-7-32(8-6-22)16-18-3-4-20(28)14-24(18)35-11-12-38-27(35)37/h3-4,13-15,21-22H,2,5-12,16-17H2,1H3,(H2,30,36)/t21-/m0/s1. The smallest absolute Gasteiger partial charge is 0.414 e. The van der Waals surface area contributed by atoms with Gasteiger partial charge >= 0.3 is 6.09 Å². The first-order valence-corrected chi connectivity index (χ1v) is 14.0. The summed E-state index contributed by atoms with van der Waals surface area (Å²) < 4.78 is 5.16. The Hall–Kier alpha value is -2.59. The number of cyclic esters (lactones) is 1. The minimum Gasteiger partial charge on any atom is -0.447 e. The van der Waals surface area contributed by atoms with E-state index in [1.807, 2.05) is 18.2 Å². The second kappa shape index (κ2) is 11.7. The van der Waals surface area contributed by atoms with Gasteiger partial charge in [-0.25, -0.2) is 9.78 Å². The molecule has 38 heavy (non-hydrogen) atoms. The van der Waals surface area contributed by atoms with E-state index in [9.17, 15) is 9.59 Å². The SMILES string of the molecule is CC[C@H]1CN(c2ncc(C(N)=O)cc2Cl)CCN1C1CCN(Cc2ccc(Cl)cc2N2CCOC2=O)CC1. The zero-order valence-corrected chi connectivity index (χ0v) is 23.1. The number of hydrogen-bond acceptors (Lipinski definition) is 7. The van der Waals surface area contributed by atoms with Gasteiger partial charge in [-0.1, -0.05) is 36.2 Å². The molecule has 3 aliphatic rings. The Morgan fingerprint density at radius 1 is 1.13 bits per heavy atom. The Morgan fingerprint density at radius 3 is 2.58 bits per heavy atom. The summed E-state index contributed by atoms with van der Waals surface area (Å²) in [4.78, 5) is 37.1. The number of ether oxygens (including phenoxy) is 1. The first kappa shape index (κ1) is 27.0. The molecule has 2 amide bonds. The van der Waals surface area contributed by atoms with Crippen molar-refractivity contribution in [3.63, 3.8) is 0 Å². The molecular weight excluding hydrogens is 527 g/mol. The normalized spacial score (nSPS) is 21.7. The Labute approximate surface area is 233 Å². The quantitative estimate of drug-likeness (QED) is 0.546. The summed E-state index contributed by atoms with van der Waals surface area (Å²) in [5.74, 6) is 0.185. The number of rotatable bonds is 7. The summed E-state index contributed by atoms with van der Waals surface area (Å²) in [6, 6.07) is 8.31. The summed E-state index contributed by atoms with van der Waals surface area (Å²) in [5.41, 5.74) is 7.63. The molecule has 1 atom stereocenters. The van der Waals surface area contributed by atoms with E-state index in [2.05, 4.69) is 26.6 Å². The van der Waals surface area contributed by atoms with Gasteiger partial charge < -0.3 is 15.4 Å². The Morgan fingerprint density at radius 2 is 1.92 bits per heavy atom. The highest BCUT2D eigenvalue weighted by Crippen LogP contribution is 2.32. The van der Waals surface area contributed by atoms with Crippen molar-refractivity contribution in [1.82, 2.24) is 14.8 Å². The Balaban J connectivity index is 1.19. The Kier molecular flexibility index (Phi) is 8.28. The molecule has 11 heteroatoms. The first-order chi connectivity index (χ1) is 18.3. The molecule has 3 saturated heterocycles. The number of carbonyl (C=O) groups is 2. The molecule has 0 spiro atoms. The van der Waals surface area contributed by atoms with Crippen molar-refractivity contribution in [3.8, 4) is 0 Å². The van der Waals surface area contributed by atoms with Crippen LogP contribution in [0.15, 0.2) is 30.5 Å². The molecule has 5 rings (SSSR count). The number of nitrogens with zero attached hydrogens (tertiary/aromatic N) is 5. The van der Waals surface area contributed by atoms with Gasteiger partial charge in [-0.2, -0.15) is 0 Å². The third-order valence-corrected chi connectivity index (χ3v) is 8.44. The predicted molar refractivity (Wildman–Crippen MR) is 149 cm³/mol. The van der Waals surface area contributed by atoms with Gasteiger partial charge in [-0.05, 0) is 56.1 Å². The van der Waals surface area contributed by atoms with Crippen molar-refractivity contribution in [3.05, 3.63) is 51.6 Å². The molecular formula is C27H34Cl2N6O3. The zero-order chi connectivity index (χ0) is 26.8. The fourth-order valence-electron chi connectivity index (χ4n) is 5.89. The molecule has 1 aromatic heterocycles. The minimum atomic E-state index is -0.528. The molecule has 0 aliphatic carbocycles. The van der Waals surface area contributed by atoms with Crippen LogP contribution < -0.4 is 15.5 Å². The highest BCUT2D eigenvalue weighted by atomic mass is 35.5. The second-order valence-electron chi connectivity index (χ2n) is 10.2. The number of hydrogen-bond donors (Lipinski definition) is 1.